The van der Waals surface area contributed by atoms with Crippen LogP contribution in [0.1, 0.15) is 18.8 Å². The number of nitrogens with two attached hydrogens (primary N) is 1. The Morgan fingerprint density at radius 2 is 2.25 bits per heavy atom. The number of anilines is 1. The van der Waals surface area contributed by atoms with Crippen LogP contribution in [0.2, 0.25) is 5.02 Å². The fourth-order valence-electron chi connectivity index (χ4n) is 2.41. The van der Waals surface area contributed by atoms with Crippen molar-refractivity contribution >= 4 is 34.4 Å². The summed E-state index contributed by atoms with van der Waals surface area (Å²) in [7, 11) is 0. The molecule has 0 fully saturated rings. The third-order valence-corrected chi connectivity index (χ3v) is 3.73. The van der Waals surface area contributed by atoms with Crippen LogP contribution in [0, 0.1) is 0 Å². The highest BCUT2D eigenvalue weighted by Crippen LogP contribution is 2.22. The topological polar surface area (TPSA) is 139 Å². The highest BCUT2D eigenvalue weighted by molar-refractivity contribution is 6.35. The normalized spacial score (nSPS) is 12.2. The maximum atomic E-state index is 12.9. The van der Waals surface area contributed by atoms with E-state index in [4.69, 9.17) is 22.4 Å². The SMILES string of the molecule is CC(NC(=O)O)c1nc2cccc(Cl)c2c(=O)n1-c1cc(N)[nH]n1. The molecule has 10 heteroatoms. The predicted molar refractivity (Wildman–Crippen MR) is 88.5 cm³/mol. The molecule has 3 aromatic rings. The molecule has 0 spiro atoms. The lowest BCUT2D eigenvalue weighted by atomic mass is 10.2. The number of aromatic amines is 1. The first kappa shape index (κ1) is 15.8. The van der Waals surface area contributed by atoms with Crippen molar-refractivity contribution in [1.29, 1.82) is 0 Å². The molecule has 1 aromatic carbocycles. The third-order valence-electron chi connectivity index (χ3n) is 3.41. The quantitative estimate of drug-likeness (QED) is 0.567. The van der Waals surface area contributed by atoms with E-state index in [1.54, 1.807) is 25.1 Å². The van der Waals surface area contributed by atoms with E-state index >= 15 is 0 Å². The Labute approximate surface area is 140 Å². The molecule has 24 heavy (non-hydrogen) atoms. The van der Waals surface area contributed by atoms with Crippen molar-refractivity contribution in [2.45, 2.75) is 13.0 Å². The second-order valence-electron chi connectivity index (χ2n) is 5.10. The molecule has 0 radical (unpaired) electrons. The standard InChI is InChI=1S/C14H13ClN6O3/c1-6(17-14(23)24)12-18-8-4-2-3-7(15)11(8)13(22)21(12)10-5-9(16)19-20-10/h2-6,17H,1H3,(H,23,24)(H3,16,19,20). The number of amides is 1. The molecule has 1 amide bonds. The van der Waals surface area contributed by atoms with Gasteiger partial charge in [-0.1, -0.05) is 17.7 Å². The molecule has 0 aliphatic heterocycles. The van der Waals surface area contributed by atoms with Crippen molar-refractivity contribution in [1.82, 2.24) is 25.1 Å². The lowest BCUT2D eigenvalue weighted by Crippen LogP contribution is -2.32. The first-order valence-corrected chi connectivity index (χ1v) is 7.28. The van der Waals surface area contributed by atoms with E-state index in [0.29, 0.717) is 5.52 Å². The van der Waals surface area contributed by atoms with Gasteiger partial charge in [-0.3, -0.25) is 9.89 Å². The van der Waals surface area contributed by atoms with Crippen molar-refractivity contribution in [2.24, 2.45) is 0 Å². The molecular formula is C14H13ClN6O3. The maximum Gasteiger partial charge on any atom is 0.405 e. The summed E-state index contributed by atoms with van der Waals surface area (Å²) >= 11 is 6.13. The molecule has 0 saturated carbocycles. The number of halogens is 1. The van der Waals surface area contributed by atoms with Crippen molar-refractivity contribution < 1.29 is 9.90 Å². The lowest BCUT2D eigenvalue weighted by Gasteiger charge is -2.17. The van der Waals surface area contributed by atoms with Gasteiger partial charge in [0.2, 0.25) is 0 Å². The van der Waals surface area contributed by atoms with Crippen LogP contribution in [0.5, 0.6) is 0 Å². The minimum atomic E-state index is -1.24. The van der Waals surface area contributed by atoms with Gasteiger partial charge in [0.1, 0.15) is 11.6 Å². The zero-order chi connectivity index (χ0) is 17.4. The van der Waals surface area contributed by atoms with E-state index in [-0.39, 0.29) is 27.9 Å². The van der Waals surface area contributed by atoms with Crippen LogP contribution in [0.15, 0.2) is 29.1 Å². The molecule has 0 aliphatic carbocycles. The van der Waals surface area contributed by atoms with Crippen LogP contribution in [-0.4, -0.2) is 30.9 Å². The fourth-order valence-corrected chi connectivity index (χ4v) is 2.66. The monoisotopic (exact) mass is 348 g/mol. The van der Waals surface area contributed by atoms with Crippen molar-refractivity contribution in [3.8, 4) is 5.82 Å². The molecule has 1 atom stereocenters. The first-order valence-electron chi connectivity index (χ1n) is 6.90. The molecule has 9 nitrogen and oxygen atoms in total. The average molecular weight is 349 g/mol. The summed E-state index contributed by atoms with van der Waals surface area (Å²) in [6.07, 6.45) is -1.24. The van der Waals surface area contributed by atoms with Crippen molar-refractivity contribution in [2.75, 3.05) is 5.73 Å². The summed E-state index contributed by atoms with van der Waals surface area (Å²) in [5.41, 5.74) is 5.52. The fraction of sp³-hybridized carbons (Fsp3) is 0.143. The number of carboxylic acid groups (broad SMARTS) is 1. The average Bonchev–Trinajstić information content (AvgIpc) is 2.92. The van der Waals surface area contributed by atoms with Crippen LogP contribution in [0.25, 0.3) is 16.7 Å². The van der Waals surface area contributed by atoms with Gasteiger partial charge in [0.25, 0.3) is 5.56 Å². The molecule has 124 valence electrons. The van der Waals surface area contributed by atoms with E-state index in [0.717, 1.165) is 0 Å². The number of H-pyrrole nitrogens is 1. The third kappa shape index (κ3) is 2.65. The molecule has 0 bridgehead atoms. The van der Waals surface area contributed by atoms with Crippen molar-refractivity contribution in [3.05, 3.63) is 45.5 Å². The van der Waals surface area contributed by atoms with E-state index in [1.165, 1.54) is 10.6 Å². The number of fused-ring (bicyclic) bond motifs is 1. The van der Waals surface area contributed by atoms with E-state index in [1.807, 2.05) is 0 Å². The lowest BCUT2D eigenvalue weighted by molar-refractivity contribution is 0.190. The van der Waals surface area contributed by atoms with Crippen LogP contribution < -0.4 is 16.6 Å². The number of nitrogens with one attached hydrogen (secondary N) is 2. The van der Waals surface area contributed by atoms with Crippen LogP contribution in [0.3, 0.4) is 0 Å². The number of nitrogen functional groups attached to an aromatic ring is 1. The largest absolute Gasteiger partial charge is 0.465 e. The molecular weight excluding hydrogens is 336 g/mol. The van der Waals surface area contributed by atoms with Crippen LogP contribution >= 0.6 is 11.6 Å². The summed E-state index contributed by atoms with van der Waals surface area (Å²) in [4.78, 5) is 28.3. The van der Waals surface area contributed by atoms with Gasteiger partial charge < -0.3 is 16.2 Å². The molecule has 0 aliphatic rings. The zero-order valence-electron chi connectivity index (χ0n) is 12.4. The first-order chi connectivity index (χ1) is 11.4. The van der Waals surface area contributed by atoms with Crippen molar-refractivity contribution in [3.63, 3.8) is 0 Å². The van der Waals surface area contributed by atoms with Gasteiger partial charge in [-0.15, -0.1) is 0 Å². The Bertz CT molecular complexity index is 996. The number of hydrogen-bond acceptors (Lipinski definition) is 5. The molecule has 3 rings (SSSR count). The number of carbonyl (C=O) groups is 1. The smallest absolute Gasteiger partial charge is 0.405 e. The minimum Gasteiger partial charge on any atom is -0.465 e. The van der Waals surface area contributed by atoms with Gasteiger partial charge in [-0.2, -0.15) is 5.10 Å². The Morgan fingerprint density at radius 3 is 2.88 bits per heavy atom. The molecule has 0 saturated heterocycles. The number of rotatable bonds is 3. The molecule has 2 aromatic heterocycles. The highest BCUT2D eigenvalue weighted by Gasteiger charge is 2.21. The Morgan fingerprint density at radius 1 is 1.50 bits per heavy atom. The second kappa shape index (κ2) is 5.85. The van der Waals surface area contributed by atoms with Crippen LogP contribution in [0.4, 0.5) is 10.6 Å². The summed E-state index contributed by atoms with van der Waals surface area (Å²) in [5, 5.41) is 18.2. The Hall–Kier alpha value is -3.07. The van der Waals surface area contributed by atoms with Gasteiger partial charge in [-0.25, -0.2) is 14.3 Å². The van der Waals surface area contributed by atoms with Gasteiger partial charge in [0.05, 0.1) is 22.0 Å². The van der Waals surface area contributed by atoms with Crippen LogP contribution in [-0.2, 0) is 0 Å². The van der Waals surface area contributed by atoms with Gasteiger partial charge in [0.15, 0.2) is 5.82 Å². The highest BCUT2D eigenvalue weighted by atomic mass is 35.5. The van der Waals surface area contributed by atoms with E-state index in [9.17, 15) is 9.59 Å². The maximum absolute atomic E-state index is 12.9. The Balaban J connectivity index is 2.36. The van der Waals surface area contributed by atoms with E-state index in [2.05, 4.69) is 20.5 Å². The summed E-state index contributed by atoms with van der Waals surface area (Å²) in [6.45, 7) is 1.57. The summed E-state index contributed by atoms with van der Waals surface area (Å²) in [5.74, 6) is 0.616. The number of benzene rings is 1. The number of hydrogen-bond donors (Lipinski definition) is 4. The predicted octanol–water partition coefficient (Wildman–Crippen LogP) is 1.67. The van der Waals surface area contributed by atoms with Gasteiger partial charge in [-0.05, 0) is 19.1 Å². The Kier molecular flexibility index (Phi) is 3.86. The minimum absolute atomic E-state index is 0.170. The number of nitrogens with zero attached hydrogens (tertiary/aromatic N) is 3. The molecule has 5 N–H and O–H groups in total. The summed E-state index contributed by atoms with van der Waals surface area (Å²) < 4.78 is 1.18. The second-order valence-corrected chi connectivity index (χ2v) is 5.50. The van der Waals surface area contributed by atoms with E-state index < -0.39 is 17.7 Å². The van der Waals surface area contributed by atoms with Gasteiger partial charge in [0, 0.05) is 6.07 Å². The summed E-state index contributed by atoms with van der Waals surface area (Å²) in [6, 6.07) is 5.55. The van der Waals surface area contributed by atoms with Gasteiger partial charge >= 0.3 is 6.09 Å². The number of aromatic nitrogens is 4. The molecule has 2 heterocycles. The zero-order valence-corrected chi connectivity index (χ0v) is 13.2. The molecule has 1 unspecified atom stereocenters.